The van der Waals surface area contributed by atoms with Crippen LogP contribution in [-0.2, 0) is 16.1 Å². The highest BCUT2D eigenvalue weighted by molar-refractivity contribution is 5.95. The van der Waals surface area contributed by atoms with Crippen molar-refractivity contribution in [2.24, 2.45) is 17.6 Å². The van der Waals surface area contributed by atoms with Gasteiger partial charge in [-0.05, 0) is 48.9 Å². The lowest BCUT2D eigenvalue weighted by molar-refractivity contribution is -0.121. The van der Waals surface area contributed by atoms with E-state index in [1.165, 1.54) is 0 Å². The molecule has 0 unspecified atom stereocenters. The molecular formula is C18H25ClN4O2. The molecule has 2 atom stereocenters. The minimum Gasteiger partial charge on any atom is -0.358 e. The minimum atomic E-state index is -0.0568. The molecule has 0 radical (unpaired) electrons. The molecule has 25 heavy (non-hydrogen) atoms. The van der Waals surface area contributed by atoms with E-state index in [2.05, 4.69) is 10.6 Å². The van der Waals surface area contributed by atoms with Gasteiger partial charge in [-0.3, -0.25) is 9.59 Å². The van der Waals surface area contributed by atoms with Crippen LogP contribution >= 0.6 is 12.4 Å². The number of hydrogen-bond acceptors (Lipinski definition) is 3. The first kappa shape index (κ1) is 19.3. The minimum absolute atomic E-state index is 0. The second kappa shape index (κ2) is 8.36. The number of hydrogen-bond donors (Lipinski definition) is 3. The van der Waals surface area contributed by atoms with E-state index in [1.807, 2.05) is 35.0 Å². The summed E-state index contributed by atoms with van der Waals surface area (Å²) < 4.78 is 1.88. The fourth-order valence-corrected chi connectivity index (χ4v) is 3.53. The molecule has 6 nitrogen and oxygen atoms in total. The van der Waals surface area contributed by atoms with Gasteiger partial charge in [-0.15, -0.1) is 12.4 Å². The molecule has 0 aliphatic heterocycles. The number of amides is 2. The second-order valence-electron chi connectivity index (χ2n) is 6.41. The number of benzene rings is 1. The van der Waals surface area contributed by atoms with Crippen molar-refractivity contribution in [1.82, 2.24) is 9.88 Å². The standard InChI is InChI=1S/C18H24N4O2.ClH/c1-20-17(23)11-22-8-7-12-5-6-14(9-16(12)22)21-18(24)15-4-2-3-13(15)10-19;/h5-9,13,15H,2-4,10-11,19H2,1H3,(H,20,23)(H,21,24);1H/t13-,15-;/m1./s1. The summed E-state index contributed by atoms with van der Waals surface area (Å²) in [5.74, 6) is 0.277. The van der Waals surface area contributed by atoms with Gasteiger partial charge in [0.2, 0.25) is 11.8 Å². The maximum atomic E-state index is 12.5. The van der Waals surface area contributed by atoms with Crippen molar-refractivity contribution in [1.29, 1.82) is 0 Å². The lowest BCUT2D eigenvalue weighted by Crippen LogP contribution is -2.29. The third-order valence-corrected chi connectivity index (χ3v) is 4.93. The number of aromatic nitrogens is 1. The fourth-order valence-electron chi connectivity index (χ4n) is 3.53. The summed E-state index contributed by atoms with van der Waals surface area (Å²) in [5, 5.41) is 6.68. The number of nitrogens with zero attached hydrogens (tertiary/aromatic N) is 1. The first-order chi connectivity index (χ1) is 11.6. The number of carbonyl (C=O) groups is 2. The van der Waals surface area contributed by atoms with Crippen molar-refractivity contribution in [3.63, 3.8) is 0 Å². The van der Waals surface area contributed by atoms with Crippen LogP contribution in [0.15, 0.2) is 30.5 Å². The fraction of sp³-hybridized carbons (Fsp3) is 0.444. The van der Waals surface area contributed by atoms with Crippen molar-refractivity contribution in [2.75, 3.05) is 18.9 Å². The van der Waals surface area contributed by atoms with E-state index in [4.69, 9.17) is 5.73 Å². The van der Waals surface area contributed by atoms with E-state index in [9.17, 15) is 9.59 Å². The Kier molecular flexibility index (Phi) is 6.45. The summed E-state index contributed by atoms with van der Waals surface area (Å²) in [5.41, 5.74) is 7.46. The van der Waals surface area contributed by atoms with Gasteiger partial charge in [0.25, 0.3) is 0 Å². The number of halogens is 1. The van der Waals surface area contributed by atoms with E-state index in [0.29, 0.717) is 6.54 Å². The average molecular weight is 365 g/mol. The van der Waals surface area contributed by atoms with Crippen LogP contribution in [0.25, 0.3) is 10.9 Å². The molecule has 0 spiro atoms. The Bertz CT molecular complexity index is 759. The molecule has 136 valence electrons. The SMILES string of the molecule is CNC(=O)Cn1ccc2ccc(NC(=O)[C@@H]3CCC[C@@H]3CN)cc21.Cl. The molecule has 1 saturated carbocycles. The van der Waals surface area contributed by atoms with E-state index in [1.54, 1.807) is 7.05 Å². The smallest absolute Gasteiger partial charge is 0.239 e. The molecule has 1 aromatic carbocycles. The zero-order valence-electron chi connectivity index (χ0n) is 14.3. The van der Waals surface area contributed by atoms with Gasteiger partial charge < -0.3 is 20.9 Å². The number of likely N-dealkylation sites (N-methyl/N-ethyl adjacent to an activating group) is 1. The van der Waals surface area contributed by atoms with Crippen LogP contribution in [-0.4, -0.2) is 30.0 Å². The largest absolute Gasteiger partial charge is 0.358 e. The van der Waals surface area contributed by atoms with Crippen molar-refractivity contribution in [3.05, 3.63) is 30.5 Å². The van der Waals surface area contributed by atoms with Gasteiger partial charge in [-0.1, -0.05) is 12.5 Å². The maximum Gasteiger partial charge on any atom is 0.239 e. The number of fused-ring (bicyclic) bond motifs is 1. The van der Waals surface area contributed by atoms with Crippen LogP contribution in [0, 0.1) is 11.8 Å². The summed E-state index contributed by atoms with van der Waals surface area (Å²) >= 11 is 0. The first-order valence-corrected chi connectivity index (χ1v) is 8.42. The monoisotopic (exact) mass is 364 g/mol. The highest BCUT2D eigenvalue weighted by Gasteiger charge is 2.31. The van der Waals surface area contributed by atoms with Crippen LogP contribution in [0.2, 0.25) is 0 Å². The average Bonchev–Trinajstić information content (AvgIpc) is 3.21. The quantitative estimate of drug-likeness (QED) is 0.759. The van der Waals surface area contributed by atoms with Crippen molar-refractivity contribution in [2.45, 2.75) is 25.8 Å². The number of nitrogens with one attached hydrogen (secondary N) is 2. The van der Waals surface area contributed by atoms with Crippen molar-refractivity contribution < 1.29 is 9.59 Å². The summed E-state index contributed by atoms with van der Waals surface area (Å²) in [4.78, 5) is 24.1. The Labute approximate surface area is 153 Å². The van der Waals surface area contributed by atoms with Crippen LogP contribution in [0.1, 0.15) is 19.3 Å². The molecule has 1 aromatic heterocycles. The molecule has 3 rings (SSSR count). The van der Waals surface area contributed by atoms with E-state index in [-0.39, 0.29) is 42.6 Å². The van der Waals surface area contributed by atoms with Gasteiger partial charge in [0.05, 0.1) is 5.52 Å². The van der Waals surface area contributed by atoms with Crippen LogP contribution < -0.4 is 16.4 Å². The Morgan fingerprint density at radius 1 is 1.28 bits per heavy atom. The van der Waals surface area contributed by atoms with Gasteiger partial charge in [0.1, 0.15) is 6.54 Å². The van der Waals surface area contributed by atoms with E-state index < -0.39 is 0 Å². The number of anilines is 1. The zero-order valence-corrected chi connectivity index (χ0v) is 15.1. The van der Waals surface area contributed by atoms with E-state index in [0.717, 1.165) is 35.9 Å². The molecule has 7 heteroatoms. The number of carbonyl (C=O) groups excluding carboxylic acids is 2. The molecule has 0 bridgehead atoms. The van der Waals surface area contributed by atoms with Gasteiger partial charge in [-0.2, -0.15) is 0 Å². The molecule has 1 heterocycles. The Balaban J connectivity index is 0.00000225. The molecule has 2 amide bonds. The third-order valence-electron chi connectivity index (χ3n) is 4.93. The predicted octanol–water partition coefficient (Wildman–Crippen LogP) is 2.12. The molecule has 1 aliphatic rings. The molecular weight excluding hydrogens is 340 g/mol. The Morgan fingerprint density at radius 3 is 2.80 bits per heavy atom. The van der Waals surface area contributed by atoms with Gasteiger partial charge in [0, 0.05) is 24.8 Å². The van der Waals surface area contributed by atoms with Gasteiger partial charge >= 0.3 is 0 Å². The molecule has 1 aliphatic carbocycles. The molecule has 4 N–H and O–H groups in total. The molecule has 1 fully saturated rings. The zero-order chi connectivity index (χ0) is 17.1. The van der Waals surface area contributed by atoms with Crippen LogP contribution in [0.5, 0.6) is 0 Å². The summed E-state index contributed by atoms with van der Waals surface area (Å²) in [7, 11) is 1.62. The van der Waals surface area contributed by atoms with Gasteiger partial charge in [0.15, 0.2) is 0 Å². The second-order valence-corrected chi connectivity index (χ2v) is 6.41. The summed E-state index contributed by atoms with van der Waals surface area (Å²) in [6.07, 6.45) is 4.88. The third kappa shape index (κ3) is 4.14. The lowest BCUT2D eigenvalue weighted by atomic mass is 9.95. The first-order valence-electron chi connectivity index (χ1n) is 8.42. The number of rotatable bonds is 5. The summed E-state index contributed by atoms with van der Waals surface area (Å²) in [6.45, 7) is 0.821. The molecule has 2 aromatic rings. The topological polar surface area (TPSA) is 89.2 Å². The van der Waals surface area contributed by atoms with Crippen molar-refractivity contribution >= 4 is 40.8 Å². The van der Waals surface area contributed by atoms with Gasteiger partial charge in [-0.25, -0.2) is 0 Å². The highest BCUT2D eigenvalue weighted by atomic mass is 35.5. The summed E-state index contributed by atoms with van der Waals surface area (Å²) in [6, 6.07) is 7.74. The maximum absolute atomic E-state index is 12.5. The predicted molar refractivity (Wildman–Crippen MR) is 102 cm³/mol. The van der Waals surface area contributed by atoms with Crippen molar-refractivity contribution in [3.8, 4) is 0 Å². The Morgan fingerprint density at radius 2 is 2.08 bits per heavy atom. The normalized spacial score (nSPS) is 19.4. The highest BCUT2D eigenvalue weighted by Crippen LogP contribution is 2.32. The van der Waals surface area contributed by atoms with Crippen LogP contribution in [0.4, 0.5) is 5.69 Å². The Hall–Kier alpha value is -2.05. The lowest BCUT2D eigenvalue weighted by Gasteiger charge is -2.17. The van der Waals surface area contributed by atoms with E-state index >= 15 is 0 Å². The number of nitrogens with two attached hydrogens (primary N) is 1. The molecule has 0 saturated heterocycles. The van der Waals surface area contributed by atoms with Crippen LogP contribution in [0.3, 0.4) is 0 Å².